The van der Waals surface area contributed by atoms with Gasteiger partial charge < -0.3 is 4.74 Å². The molecule has 0 spiro atoms. The van der Waals surface area contributed by atoms with E-state index in [9.17, 15) is 4.79 Å². The van der Waals surface area contributed by atoms with E-state index in [4.69, 9.17) is 0 Å². The zero-order valence-electron chi connectivity index (χ0n) is 8.49. The molecule has 0 heterocycles. The second-order valence-electron chi connectivity index (χ2n) is 2.90. The highest BCUT2D eigenvalue weighted by molar-refractivity contribution is 7.80. The lowest BCUT2D eigenvalue weighted by molar-refractivity contribution is 0.0600. The van der Waals surface area contributed by atoms with E-state index in [1.165, 1.54) is 7.11 Å². The highest BCUT2D eigenvalue weighted by Gasteiger charge is 2.13. The van der Waals surface area contributed by atoms with Gasteiger partial charge in [-0.05, 0) is 23.3 Å². The lowest BCUT2D eigenvalue weighted by Gasteiger charge is -2.08. The third-order valence-corrected chi connectivity index (χ3v) is 2.28. The molecular weight excluding hydrogens is 208 g/mol. The average Bonchev–Trinajstić information content (AvgIpc) is 2.26. The Labute approximate surface area is 94.7 Å². The summed E-state index contributed by atoms with van der Waals surface area (Å²) in [6, 6.07) is 3.47. The summed E-state index contributed by atoms with van der Waals surface area (Å²) in [7, 11) is 1.34. The van der Waals surface area contributed by atoms with E-state index in [-0.39, 0.29) is 0 Å². The van der Waals surface area contributed by atoms with E-state index >= 15 is 0 Å². The van der Waals surface area contributed by atoms with Gasteiger partial charge in [-0.1, -0.05) is 25.3 Å². The standard InChI is InChI=1S/C12H12O2S/c1-4-8-6-9(15)7-11(10(8)5-2)12(13)14-3/h4-7,15H,1-2H2,3H3. The minimum Gasteiger partial charge on any atom is -0.465 e. The van der Waals surface area contributed by atoms with Crippen LogP contribution in [-0.2, 0) is 4.74 Å². The highest BCUT2D eigenvalue weighted by atomic mass is 32.1. The van der Waals surface area contributed by atoms with Crippen LogP contribution in [0.3, 0.4) is 0 Å². The van der Waals surface area contributed by atoms with Crippen molar-refractivity contribution in [3.05, 3.63) is 42.0 Å². The Balaban J connectivity index is 3.48. The van der Waals surface area contributed by atoms with Crippen LogP contribution in [-0.4, -0.2) is 13.1 Å². The van der Waals surface area contributed by atoms with Crippen molar-refractivity contribution < 1.29 is 9.53 Å². The Morgan fingerprint density at radius 3 is 2.53 bits per heavy atom. The van der Waals surface area contributed by atoms with Crippen molar-refractivity contribution >= 4 is 30.8 Å². The molecule has 0 unspecified atom stereocenters. The van der Waals surface area contributed by atoms with Crippen molar-refractivity contribution in [3.63, 3.8) is 0 Å². The molecule has 0 N–H and O–H groups in total. The number of ether oxygens (including phenoxy) is 1. The Morgan fingerprint density at radius 1 is 1.40 bits per heavy atom. The summed E-state index contributed by atoms with van der Waals surface area (Å²) in [5.41, 5.74) is 1.99. The van der Waals surface area contributed by atoms with Crippen LogP contribution in [0.4, 0.5) is 0 Å². The van der Waals surface area contributed by atoms with E-state index in [2.05, 4.69) is 30.5 Å². The van der Waals surface area contributed by atoms with Gasteiger partial charge in [0.25, 0.3) is 0 Å². The molecule has 3 heteroatoms. The van der Waals surface area contributed by atoms with Gasteiger partial charge in [-0.25, -0.2) is 4.79 Å². The van der Waals surface area contributed by atoms with Crippen molar-refractivity contribution in [3.8, 4) is 0 Å². The van der Waals surface area contributed by atoms with Gasteiger partial charge in [-0.15, -0.1) is 12.6 Å². The number of benzene rings is 1. The fourth-order valence-electron chi connectivity index (χ4n) is 1.34. The molecule has 0 aliphatic heterocycles. The molecule has 1 aromatic rings. The van der Waals surface area contributed by atoms with Crippen LogP contribution >= 0.6 is 12.6 Å². The quantitative estimate of drug-likeness (QED) is 0.626. The molecule has 78 valence electrons. The van der Waals surface area contributed by atoms with Crippen molar-refractivity contribution in [1.82, 2.24) is 0 Å². The molecule has 0 aliphatic carbocycles. The summed E-state index contributed by atoms with van der Waals surface area (Å²) in [5, 5.41) is 0. The predicted molar refractivity (Wildman–Crippen MR) is 65.2 cm³/mol. The Morgan fingerprint density at radius 2 is 2.07 bits per heavy atom. The molecule has 1 rings (SSSR count). The number of esters is 1. The topological polar surface area (TPSA) is 26.3 Å². The van der Waals surface area contributed by atoms with E-state index in [0.717, 1.165) is 11.1 Å². The van der Waals surface area contributed by atoms with Crippen LogP contribution in [0.15, 0.2) is 30.2 Å². The molecule has 0 aromatic heterocycles. The lowest BCUT2D eigenvalue weighted by Crippen LogP contribution is -2.05. The molecule has 2 nitrogen and oxygen atoms in total. The van der Waals surface area contributed by atoms with Crippen LogP contribution < -0.4 is 0 Å². The minimum atomic E-state index is -0.399. The SMILES string of the molecule is C=Cc1cc(S)cc(C(=O)OC)c1C=C. The smallest absolute Gasteiger partial charge is 0.338 e. The molecule has 0 amide bonds. The molecule has 0 fully saturated rings. The average molecular weight is 220 g/mol. The van der Waals surface area contributed by atoms with E-state index in [1.54, 1.807) is 18.2 Å². The largest absolute Gasteiger partial charge is 0.465 e. The van der Waals surface area contributed by atoms with Gasteiger partial charge in [0, 0.05) is 4.90 Å². The maximum Gasteiger partial charge on any atom is 0.338 e. The fourth-order valence-corrected chi connectivity index (χ4v) is 1.60. The first kappa shape index (κ1) is 11.6. The maximum atomic E-state index is 11.5. The van der Waals surface area contributed by atoms with Gasteiger partial charge >= 0.3 is 5.97 Å². The summed E-state index contributed by atoms with van der Waals surface area (Å²) >= 11 is 4.21. The van der Waals surface area contributed by atoms with Crippen molar-refractivity contribution in [2.24, 2.45) is 0 Å². The molecule has 1 aromatic carbocycles. The normalized spacial score (nSPS) is 9.47. The third-order valence-electron chi connectivity index (χ3n) is 2.03. The number of hydrogen-bond acceptors (Lipinski definition) is 3. The molecule has 15 heavy (non-hydrogen) atoms. The molecular formula is C12H12O2S. The highest BCUT2D eigenvalue weighted by Crippen LogP contribution is 2.22. The summed E-state index contributed by atoms with van der Waals surface area (Å²) < 4.78 is 4.68. The molecule has 0 radical (unpaired) electrons. The number of thiol groups is 1. The fraction of sp³-hybridized carbons (Fsp3) is 0.0833. The van der Waals surface area contributed by atoms with Crippen molar-refractivity contribution in [2.45, 2.75) is 4.90 Å². The molecule has 0 saturated carbocycles. The number of carbonyl (C=O) groups excluding carboxylic acids is 1. The van der Waals surface area contributed by atoms with Gasteiger partial charge in [0.2, 0.25) is 0 Å². The van der Waals surface area contributed by atoms with Crippen LogP contribution in [0.5, 0.6) is 0 Å². The summed E-state index contributed by atoms with van der Waals surface area (Å²) in [4.78, 5) is 12.2. The Kier molecular flexibility index (Phi) is 3.74. The van der Waals surface area contributed by atoms with E-state index in [1.807, 2.05) is 6.07 Å². The minimum absolute atomic E-state index is 0.399. The van der Waals surface area contributed by atoms with Crippen LogP contribution in [0.2, 0.25) is 0 Å². The number of rotatable bonds is 3. The van der Waals surface area contributed by atoms with Crippen molar-refractivity contribution in [2.75, 3.05) is 7.11 Å². The number of methoxy groups -OCH3 is 1. The zero-order chi connectivity index (χ0) is 11.4. The monoisotopic (exact) mass is 220 g/mol. The Hall–Kier alpha value is -1.48. The van der Waals surface area contributed by atoms with Gasteiger partial charge in [-0.3, -0.25) is 0 Å². The van der Waals surface area contributed by atoms with Gasteiger partial charge in [0.15, 0.2) is 0 Å². The summed E-state index contributed by atoms with van der Waals surface area (Å²) in [5.74, 6) is -0.399. The third kappa shape index (κ3) is 2.30. The van der Waals surface area contributed by atoms with Gasteiger partial charge in [0.1, 0.15) is 0 Å². The molecule has 0 bridgehead atoms. The molecule has 0 aliphatic rings. The van der Waals surface area contributed by atoms with E-state index < -0.39 is 5.97 Å². The summed E-state index contributed by atoms with van der Waals surface area (Å²) in [6.45, 7) is 7.34. The first-order valence-electron chi connectivity index (χ1n) is 4.34. The first-order chi connectivity index (χ1) is 7.13. The summed E-state index contributed by atoms with van der Waals surface area (Å²) in [6.07, 6.45) is 3.26. The van der Waals surface area contributed by atoms with Crippen LogP contribution in [0, 0.1) is 0 Å². The first-order valence-corrected chi connectivity index (χ1v) is 4.79. The van der Waals surface area contributed by atoms with Crippen LogP contribution in [0.25, 0.3) is 12.2 Å². The predicted octanol–water partition coefficient (Wildman–Crippen LogP) is 3.05. The zero-order valence-corrected chi connectivity index (χ0v) is 9.38. The number of hydrogen-bond donors (Lipinski definition) is 1. The maximum absolute atomic E-state index is 11.5. The second-order valence-corrected chi connectivity index (χ2v) is 3.41. The Bertz CT molecular complexity index is 422. The second kappa shape index (κ2) is 4.84. The van der Waals surface area contributed by atoms with Crippen molar-refractivity contribution in [1.29, 1.82) is 0 Å². The van der Waals surface area contributed by atoms with E-state index in [0.29, 0.717) is 10.5 Å². The number of carbonyl (C=O) groups is 1. The van der Waals surface area contributed by atoms with Crippen LogP contribution in [0.1, 0.15) is 21.5 Å². The van der Waals surface area contributed by atoms with Gasteiger partial charge in [0.05, 0.1) is 12.7 Å². The molecule has 0 saturated heterocycles. The lowest BCUT2D eigenvalue weighted by atomic mass is 10.0. The van der Waals surface area contributed by atoms with Gasteiger partial charge in [-0.2, -0.15) is 0 Å². The molecule has 0 atom stereocenters.